The Hall–Kier alpha value is -4.12. The average Bonchev–Trinajstić information content (AvgIpc) is 3.32. The highest BCUT2D eigenvalue weighted by Crippen LogP contribution is 2.21. The zero-order valence-corrected chi connectivity index (χ0v) is 17.5. The molecule has 4 aromatic rings. The van der Waals surface area contributed by atoms with E-state index in [0.717, 1.165) is 5.56 Å². The third-order valence-corrected chi connectivity index (χ3v) is 5.90. The van der Waals surface area contributed by atoms with Crippen molar-refractivity contribution in [3.05, 3.63) is 90.0 Å². The lowest BCUT2D eigenvalue weighted by atomic mass is 10.2. The highest BCUT2D eigenvalue weighted by atomic mass is 32.2. The van der Waals surface area contributed by atoms with Crippen LogP contribution in [-0.2, 0) is 10.0 Å². The number of nitrogens with zero attached hydrogens (tertiary/aromatic N) is 4. The molecule has 4 rings (SSSR count). The van der Waals surface area contributed by atoms with E-state index in [2.05, 4.69) is 25.6 Å². The Morgan fingerprint density at radius 3 is 2.53 bits per heavy atom. The molecule has 0 aliphatic heterocycles. The fourth-order valence-electron chi connectivity index (χ4n) is 2.87. The van der Waals surface area contributed by atoms with E-state index >= 15 is 0 Å². The summed E-state index contributed by atoms with van der Waals surface area (Å²) in [6.07, 6.45) is 1.33. The largest absolute Gasteiger partial charge is 0.319 e. The number of tetrazole rings is 1. The van der Waals surface area contributed by atoms with Crippen LogP contribution < -0.4 is 10.0 Å². The van der Waals surface area contributed by atoms with Gasteiger partial charge in [-0.3, -0.25) is 9.52 Å². The highest BCUT2D eigenvalue weighted by Gasteiger charge is 2.18. The maximum Gasteiger partial charge on any atom is 0.261 e. The van der Waals surface area contributed by atoms with Gasteiger partial charge in [-0.2, -0.15) is 0 Å². The first kappa shape index (κ1) is 21.1. The van der Waals surface area contributed by atoms with Gasteiger partial charge < -0.3 is 5.32 Å². The third kappa shape index (κ3) is 4.62. The second kappa shape index (κ2) is 8.55. The van der Waals surface area contributed by atoms with Crippen molar-refractivity contribution in [1.29, 1.82) is 0 Å². The van der Waals surface area contributed by atoms with Crippen LogP contribution in [0.25, 0.3) is 5.69 Å². The minimum atomic E-state index is -3.93. The molecule has 0 saturated heterocycles. The summed E-state index contributed by atoms with van der Waals surface area (Å²) in [6, 6.07) is 16.3. The summed E-state index contributed by atoms with van der Waals surface area (Å²) in [5, 5.41) is 13.2. The zero-order valence-electron chi connectivity index (χ0n) is 16.7. The Morgan fingerprint density at radius 2 is 1.81 bits per heavy atom. The topological polar surface area (TPSA) is 119 Å². The van der Waals surface area contributed by atoms with E-state index in [1.807, 2.05) is 6.92 Å². The average molecular weight is 452 g/mol. The predicted molar refractivity (Wildman–Crippen MR) is 115 cm³/mol. The van der Waals surface area contributed by atoms with Crippen molar-refractivity contribution < 1.29 is 17.6 Å². The molecule has 0 fully saturated rings. The number of hydrogen-bond acceptors (Lipinski definition) is 6. The van der Waals surface area contributed by atoms with E-state index in [-0.39, 0.29) is 16.1 Å². The van der Waals surface area contributed by atoms with Crippen LogP contribution in [0.3, 0.4) is 0 Å². The van der Waals surface area contributed by atoms with Gasteiger partial charge >= 0.3 is 0 Å². The van der Waals surface area contributed by atoms with Crippen molar-refractivity contribution >= 4 is 27.3 Å². The lowest BCUT2D eigenvalue weighted by molar-refractivity contribution is 0.102. The van der Waals surface area contributed by atoms with Gasteiger partial charge in [0.1, 0.15) is 12.1 Å². The van der Waals surface area contributed by atoms with Crippen LogP contribution >= 0.6 is 0 Å². The molecule has 1 heterocycles. The van der Waals surface area contributed by atoms with Gasteiger partial charge in [-0.1, -0.05) is 23.8 Å². The summed E-state index contributed by atoms with van der Waals surface area (Å²) in [4.78, 5) is 12.6. The Labute approximate surface area is 183 Å². The quantitative estimate of drug-likeness (QED) is 0.464. The standard InChI is InChI=1S/C21H17FN6O3S/c1-14-5-7-16(8-6-14)25-32(30,31)18-4-2-3-15(11-18)21(29)24-20-12-17(9-10-19(20)22)28-13-23-26-27-28/h2-13,25H,1H3,(H,24,29). The van der Waals surface area contributed by atoms with E-state index in [4.69, 9.17) is 0 Å². The molecule has 162 valence electrons. The number of aryl methyl sites for hydroxylation is 1. The fraction of sp³-hybridized carbons (Fsp3) is 0.0476. The van der Waals surface area contributed by atoms with Crippen LogP contribution in [0.5, 0.6) is 0 Å². The Morgan fingerprint density at radius 1 is 1.03 bits per heavy atom. The van der Waals surface area contributed by atoms with E-state index in [9.17, 15) is 17.6 Å². The van der Waals surface area contributed by atoms with Gasteiger partial charge in [0.15, 0.2) is 0 Å². The molecule has 2 N–H and O–H groups in total. The van der Waals surface area contributed by atoms with E-state index < -0.39 is 21.7 Å². The maximum atomic E-state index is 14.2. The Balaban J connectivity index is 1.56. The summed E-state index contributed by atoms with van der Waals surface area (Å²) in [6.45, 7) is 1.89. The molecule has 0 atom stereocenters. The van der Waals surface area contributed by atoms with E-state index in [1.165, 1.54) is 53.5 Å². The molecule has 1 amide bonds. The Bertz CT molecular complexity index is 1370. The molecule has 11 heteroatoms. The van der Waals surface area contributed by atoms with Crippen LogP contribution in [0.2, 0.25) is 0 Å². The smallest absolute Gasteiger partial charge is 0.261 e. The normalized spacial score (nSPS) is 11.2. The van der Waals surface area contributed by atoms with Gasteiger partial charge in [-0.25, -0.2) is 17.5 Å². The van der Waals surface area contributed by atoms with Crippen LogP contribution in [0, 0.1) is 12.7 Å². The second-order valence-electron chi connectivity index (χ2n) is 6.87. The lowest BCUT2D eigenvalue weighted by Crippen LogP contribution is -2.16. The lowest BCUT2D eigenvalue weighted by Gasteiger charge is -2.11. The minimum absolute atomic E-state index is 0.0454. The summed E-state index contributed by atoms with van der Waals surface area (Å²) >= 11 is 0. The van der Waals surface area contributed by atoms with Gasteiger partial charge in [0.05, 0.1) is 16.3 Å². The van der Waals surface area contributed by atoms with Crippen LogP contribution in [0.1, 0.15) is 15.9 Å². The van der Waals surface area contributed by atoms with Crippen molar-refractivity contribution in [3.63, 3.8) is 0 Å². The first-order valence-electron chi connectivity index (χ1n) is 9.36. The number of hydrogen-bond donors (Lipinski definition) is 2. The predicted octanol–water partition coefficient (Wildman–Crippen LogP) is 3.16. The zero-order chi connectivity index (χ0) is 22.7. The second-order valence-corrected chi connectivity index (χ2v) is 8.55. The number of carbonyl (C=O) groups excluding carboxylic acids is 1. The molecule has 32 heavy (non-hydrogen) atoms. The number of halogens is 1. The minimum Gasteiger partial charge on any atom is -0.319 e. The SMILES string of the molecule is Cc1ccc(NS(=O)(=O)c2cccc(C(=O)Nc3cc(-n4cnnn4)ccc3F)c2)cc1. The van der Waals surface area contributed by atoms with Crippen LogP contribution in [0.15, 0.2) is 78.0 Å². The van der Waals surface area contributed by atoms with Gasteiger partial charge in [0.25, 0.3) is 15.9 Å². The summed E-state index contributed by atoms with van der Waals surface area (Å²) < 4.78 is 43.5. The number of nitrogens with one attached hydrogen (secondary N) is 2. The number of carbonyl (C=O) groups is 1. The summed E-state index contributed by atoms with van der Waals surface area (Å²) in [5.74, 6) is -1.34. The van der Waals surface area contributed by atoms with Gasteiger partial charge in [0, 0.05) is 11.3 Å². The first-order valence-corrected chi connectivity index (χ1v) is 10.8. The Kier molecular flexibility index (Phi) is 5.65. The van der Waals surface area contributed by atoms with Crippen molar-refractivity contribution in [2.75, 3.05) is 10.0 Å². The van der Waals surface area contributed by atoms with Crippen molar-refractivity contribution in [2.24, 2.45) is 0 Å². The molecule has 9 nitrogen and oxygen atoms in total. The fourth-order valence-corrected chi connectivity index (χ4v) is 3.97. The highest BCUT2D eigenvalue weighted by molar-refractivity contribution is 7.92. The molecule has 0 spiro atoms. The molecule has 1 aromatic heterocycles. The maximum absolute atomic E-state index is 14.2. The van der Waals surface area contributed by atoms with Gasteiger partial charge in [0.2, 0.25) is 0 Å². The van der Waals surface area contributed by atoms with E-state index in [1.54, 1.807) is 24.3 Å². The van der Waals surface area contributed by atoms with Crippen LogP contribution in [-0.4, -0.2) is 34.5 Å². The molecule has 3 aromatic carbocycles. The molecule has 0 saturated carbocycles. The molecule has 0 unspecified atom stereocenters. The molecular weight excluding hydrogens is 435 g/mol. The number of anilines is 2. The van der Waals surface area contributed by atoms with Gasteiger partial charge in [-0.15, -0.1) is 5.10 Å². The van der Waals surface area contributed by atoms with Crippen LogP contribution in [0.4, 0.5) is 15.8 Å². The third-order valence-electron chi connectivity index (χ3n) is 4.52. The summed E-state index contributed by atoms with van der Waals surface area (Å²) in [5.41, 5.74) is 1.76. The van der Waals surface area contributed by atoms with Crippen molar-refractivity contribution in [3.8, 4) is 5.69 Å². The number of rotatable bonds is 6. The number of sulfonamides is 1. The molecule has 0 radical (unpaired) electrons. The summed E-state index contributed by atoms with van der Waals surface area (Å²) in [7, 11) is -3.93. The first-order chi connectivity index (χ1) is 15.3. The van der Waals surface area contributed by atoms with Gasteiger partial charge in [-0.05, 0) is 65.9 Å². The molecule has 0 aliphatic carbocycles. The molecule has 0 aliphatic rings. The van der Waals surface area contributed by atoms with E-state index in [0.29, 0.717) is 11.4 Å². The number of benzene rings is 3. The number of aromatic nitrogens is 4. The monoisotopic (exact) mass is 452 g/mol. The molecular formula is C21H17FN6O3S. The van der Waals surface area contributed by atoms with Crippen molar-refractivity contribution in [1.82, 2.24) is 20.2 Å². The van der Waals surface area contributed by atoms with Crippen molar-refractivity contribution in [2.45, 2.75) is 11.8 Å². The molecule has 0 bridgehead atoms. The number of amides is 1.